The lowest BCUT2D eigenvalue weighted by Crippen LogP contribution is -2.11. The fourth-order valence-corrected chi connectivity index (χ4v) is 2.93. The zero-order valence-electron chi connectivity index (χ0n) is 16.0. The number of carbonyl (C=O) groups excluding carboxylic acids is 1. The maximum absolute atomic E-state index is 14.8. The molecular weight excluding hydrogens is 451 g/mol. The van der Waals surface area contributed by atoms with Gasteiger partial charge in [-0.05, 0) is 66.6 Å². The molecule has 2 aromatic carbocycles. The number of hydrogen-bond acceptors (Lipinski definition) is 5. The highest BCUT2D eigenvalue weighted by molar-refractivity contribution is 9.10. The number of ether oxygens (including phenoxy) is 1. The van der Waals surface area contributed by atoms with Crippen molar-refractivity contribution in [1.29, 1.82) is 0 Å². The van der Waals surface area contributed by atoms with E-state index in [-0.39, 0.29) is 17.7 Å². The van der Waals surface area contributed by atoms with E-state index in [2.05, 4.69) is 25.9 Å². The Bertz CT molecular complexity index is 1100. The highest BCUT2D eigenvalue weighted by Crippen LogP contribution is 2.26. The van der Waals surface area contributed by atoms with Crippen LogP contribution in [0.1, 0.15) is 12.5 Å². The van der Waals surface area contributed by atoms with Crippen molar-refractivity contribution in [2.45, 2.75) is 6.92 Å². The third-order valence-corrected chi connectivity index (χ3v) is 4.69. The van der Waals surface area contributed by atoms with E-state index in [0.717, 1.165) is 10.0 Å². The van der Waals surface area contributed by atoms with Crippen LogP contribution >= 0.6 is 15.9 Å². The molecule has 0 aliphatic rings. The largest absolute Gasteiger partial charge is 0.506 e. The number of aliphatic hydroxyl groups is 1. The molecule has 152 valence electrons. The number of aromatic nitrogens is 1. The van der Waals surface area contributed by atoms with Gasteiger partial charge in [0.25, 0.3) is 0 Å². The summed E-state index contributed by atoms with van der Waals surface area (Å²) >= 11 is 3.33. The molecule has 1 aromatic heterocycles. The van der Waals surface area contributed by atoms with Gasteiger partial charge in [0.1, 0.15) is 17.1 Å². The van der Waals surface area contributed by atoms with Gasteiger partial charge in [-0.1, -0.05) is 22.0 Å². The first kappa shape index (κ1) is 21.4. The standard InChI is InChI=1S/C23H18BrFN2O3/c1-2-30-23(29)20(14-27-18-6-4-17(24)5-7-18)22(28)19-8-3-16(13-21(19)25)15-9-11-26-12-10-15/h3-14,28H,2H2,1H3/b22-20-,27-14?. The van der Waals surface area contributed by atoms with E-state index in [1.165, 1.54) is 18.3 Å². The summed E-state index contributed by atoms with van der Waals surface area (Å²) in [5.74, 6) is -2.03. The Morgan fingerprint density at radius 1 is 1.13 bits per heavy atom. The Hall–Kier alpha value is -3.32. The molecule has 0 unspecified atom stereocenters. The van der Waals surface area contributed by atoms with Crippen molar-refractivity contribution in [3.63, 3.8) is 0 Å². The topological polar surface area (TPSA) is 71.8 Å². The molecule has 0 spiro atoms. The van der Waals surface area contributed by atoms with E-state index in [1.807, 2.05) is 0 Å². The van der Waals surface area contributed by atoms with Crippen molar-refractivity contribution in [1.82, 2.24) is 4.98 Å². The van der Waals surface area contributed by atoms with Crippen LogP contribution in [0.3, 0.4) is 0 Å². The van der Waals surface area contributed by atoms with Crippen LogP contribution < -0.4 is 0 Å². The summed E-state index contributed by atoms with van der Waals surface area (Å²) in [6, 6.07) is 14.9. The molecule has 1 N–H and O–H groups in total. The molecule has 0 saturated carbocycles. The highest BCUT2D eigenvalue weighted by Gasteiger charge is 2.19. The average molecular weight is 469 g/mol. The van der Waals surface area contributed by atoms with E-state index in [0.29, 0.717) is 11.3 Å². The lowest BCUT2D eigenvalue weighted by molar-refractivity contribution is -0.137. The van der Waals surface area contributed by atoms with E-state index < -0.39 is 17.5 Å². The molecule has 1 heterocycles. The second-order valence-electron chi connectivity index (χ2n) is 6.15. The number of pyridine rings is 1. The molecule has 0 bridgehead atoms. The molecular formula is C23H18BrFN2O3. The summed E-state index contributed by atoms with van der Waals surface area (Å²) in [5.41, 5.74) is 1.59. The molecule has 0 radical (unpaired) electrons. The quantitative estimate of drug-likeness (QED) is 0.212. The number of rotatable bonds is 6. The van der Waals surface area contributed by atoms with Crippen molar-refractivity contribution in [3.05, 3.63) is 88.4 Å². The van der Waals surface area contributed by atoms with Gasteiger partial charge < -0.3 is 9.84 Å². The van der Waals surface area contributed by atoms with Crippen LogP contribution in [-0.4, -0.2) is 28.9 Å². The third-order valence-electron chi connectivity index (χ3n) is 4.16. The third kappa shape index (κ3) is 5.18. The molecule has 0 atom stereocenters. The molecule has 5 nitrogen and oxygen atoms in total. The summed E-state index contributed by atoms with van der Waals surface area (Å²) in [5, 5.41) is 10.7. The van der Waals surface area contributed by atoms with Crippen molar-refractivity contribution >= 4 is 39.6 Å². The number of aliphatic hydroxyl groups excluding tert-OH is 1. The van der Waals surface area contributed by atoms with Crippen LogP contribution in [0.25, 0.3) is 16.9 Å². The van der Waals surface area contributed by atoms with Gasteiger partial charge in [-0.25, -0.2) is 9.18 Å². The van der Waals surface area contributed by atoms with Crippen LogP contribution in [0.5, 0.6) is 0 Å². The molecule has 0 aliphatic carbocycles. The number of benzene rings is 2. The van der Waals surface area contributed by atoms with E-state index >= 15 is 0 Å². The van der Waals surface area contributed by atoms with Crippen LogP contribution in [-0.2, 0) is 9.53 Å². The molecule has 0 aliphatic heterocycles. The lowest BCUT2D eigenvalue weighted by Gasteiger charge is -2.09. The molecule has 7 heteroatoms. The van der Waals surface area contributed by atoms with Gasteiger partial charge in [-0.2, -0.15) is 0 Å². The van der Waals surface area contributed by atoms with Crippen LogP contribution in [0.4, 0.5) is 10.1 Å². The minimum absolute atomic E-state index is 0.102. The first-order valence-corrected chi connectivity index (χ1v) is 9.89. The first-order valence-electron chi connectivity index (χ1n) is 9.10. The van der Waals surface area contributed by atoms with Gasteiger partial charge in [0.15, 0.2) is 0 Å². The zero-order valence-corrected chi connectivity index (χ0v) is 17.6. The first-order chi connectivity index (χ1) is 14.5. The smallest absolute Gasteiger partial charge is 0.343 e. The number of esters is 1. The normalized spacial score (nSPS) is 12.0. The highest BCUT2D eigenvalue weighted by atomic mass is 79.9. The SMILES string of the molecule is CCOC(=O)/C(C=Nc1ccc(Br)cc1)=C(\O)c1ccc(-c2ccncc2)cc1F. The van der Waals surface area contributed by atoms with Crippen molar-refractivity contribution in [2.24, 2.45) is 4.99 Å². The van der Waals surface area contributed by atoms with Crippen molar-refractivity contribution in [3.8, 4) is 11.1 Å². The van der Waals surface area contributed by atoms with Gasteiger partial charge >= 0.3 is 5.97 Å². The zero-order chi connectivity index (χ0) is 21.5. The van der Waals surface area contributed by atoms with Gasteiger partial charge in [0.2, 0.25) is 0 Å². The Balaban J connectivity index is 2.00. The molecule has 3 aromatic rings. The minimum Gasteiger partial charge on any atom is -0.506 e. The average Bonchev–Trinajstić information content (AvgIpc) is 2.76. The Morgan fingerprint density at radius 3 is 2.47 bits per heavy atom. The van der Waals surface area contributed by atoms with Crippen molar-refractivity contribution < 1.29 is 19.0 Å². The predicted molar refractivity (Wildman–Crippen MR) is 118 cm³/mol. The number of aliphatic imine (C=N–C) groups is 1. The minimum atomic E-state index is -0.798. The van der Waals surface area contributed by atoms with E-state index in [9.17, 15) is 14.3 Å². The summed E-state index contributed by atoms with van der Waals surface area (Å²) in [4.78, 5) is 20.5. The Labute approximate surface area is 181 Å². The summed E-state index contributed by atoms with van der Waals surface area (Å²) in [6.45, 7) is 1.74. The fraction of sp³-hybridized carbons (Fsp3) is 0.0870. The monoisotopic (exact) mass is 468 g/mol. The van der Waals surface area contributed by atoms with Crippen LogP contribution in [0, 0.1) is 5.82 Å². The predicted octanol–water partition coefficient (Wildman–Crippen LogP) is 5.88. The Kier molecular flexibility index (Phi) is 7.08. The molecule has 0 amide bonds. The lowest BCUT2D eigenvalue weighted by atomic mass is 10.0. The van der Waals surface area contributed by atoms with E-state index in [4.69, 9.17) is 4.74 Å². The van der Waals surface area contributed by atoms with Gasteiger partial charge in [-0.3, -0.25) is 9.98 Å². The number of hydrogen-bond donors (Lipinski definition) is 1. The summed E-state index contributed by atoms with van der Waals surface area (Å²) in [6.07, 6.45) is 4.39. The van der Waals surface area contributed by atoms with Gasteiger partial charge in [-0.15, -0.1) is 0 Å². The second-order valence-corrected chi connectivity index (χ2v) is 7.06. The summed E-state index contributed by atoms with van der Waals surface area (Å²) < 4.78 is 20.7. The molecule has 0 fully saturated rings. The number of carbonyl (C=O) groups is 1. The summed E-state index contributed by atoms with van der Waals surface area (Å²) in [7, 11) is 0. The molecule has 0 saturated heterocycles. The van der Waals surface area contributed by atoms with Crippen LogP contribution in [0.2, 0.25) is 0 Å². The van der Waals surface area contributed by atoms with E-state index in [1.54, 1.807) is 61.8 Å². The number of halogens is 2. The Morgan fingerprint density at radius 2 is 1.83 bits per heavy atom. The number of nitrogens with zero attached hydrogens (tertiary/aromatic N) is 2. The maximum atomic E-state index is 14.8. The maximum Gasteiger partial charge on any atom is 0.343 e. The van der Waals surface area contributed by atoms with Gasteiger partial charge in [0, 0.05) is 23.1 Å². The van der Waals surface area contributed by atoms with Crippen LogP contribution in [0.15, 0.2) is 82.0 Å². The molecule has 3 rings (SSSR count). The molecule has 30 heavy (non-hydrogen) atoms. The second kappa shape index (κ2) is 9.93. The fourth-order valence-electron chi connectivity index (χ4n) is 2.66. The van der Waals surface area contributed by atoms with Gasteiger partial charge in [0.05, 0.1) is 17.9 Å². The van der Waals surface area contributed by atoms with Crippen molar-refractivity contribution in [2.75, 3.05) is 6.61 Å².